The number of hydrogen-bond acceptors (Lipinski definition) is 4. The van der Waals surface area contributed by atoms with Crippen LogP contribution in [0.25, 0.3) is 0 Å². The van der Waals surface area contributed by atoms with E-state index in [4.69, 9.17) is 10.2 Å². The van der Waals surface area contributed by atoms with E-state index >= 15 is 0 Å². The first-order valence-electron chi connectivity index (χ1n) is 4.74. The fourth-order valence-electron chi connectivity index (χ4n) is 0.965. The molecule has 2 N–H and O–H groups in total. The second-order valence-corrected chi connectivity index (χ2v) is 5.09. The first-order chi connectivity index (χ1) is 7.36. The molecule has 0 spiro atoms. The summed E-state index contributed by atoms with van der Waals surface area (Å²) in [5, 5.41) is 17.2. The summed E-state index contributed by atoms with van der Waals surface area (Å²) >= 11 is 3.40. The van der Waals surface area contributed by atoms with E-state index < -0.39 is 0 Å². The standard InChI is InChI=1S/C11H14O2S2/c12-6-2-1-3-10-4-5-11(15-10)9-14-8-7-13/h4-5,12-13H,2,6-9H2. The van der Waals surface area contributed by atoms with Crippen LogP contribution in [0.4, 0.5) is 0 Å². The van der Waals surface area contributed by atoms with Gasteiger partial charge in [-0.3, -0.25) is 0 Å². The molecule has 1 rings (SSSR count). The summed E-state index contributed by atoms with van der Waals surface area (Å²) in [6, 6.07) is 4.07. The van der Waals surface area contributed by atoms with E-state index in [9.17, 15) is 0 Å². The maximum absolute atomic E-state index is 8.63. The van der Waals surface area contributed by atoms with Gasteiger partial charge in [0.25, 0.3) is 0 Å². The van der Waals surface area contributed by atoms with Crippen LogP contribution in [0.5, 0.6) is 0 Å². The molecule has 0 saturated heterocycles. The molecular formula is C11H14O2S2. The third kappa shape index (κ3) is 5.24. The van der Waals surface area contributed by atoms with Crippen LogP contribution in [0.15, 0.2) is 12.1 Å². The predicted octanol–water partition coefficient (Wildman–Crippen LogP) is 1.71. The van der Waals surface area contributed by atoms with E-state index in [-0.39, 0.29) is 13.2 Å². The fourth-order valence-corrected chi connectivity index (χ4v) is 2.70. The minimum Gasteiger partial charge on any atom is -0.396 e. The monoisotopic (exact) mass is 242 g/mol. The molecule has 2 nitrogen and oxygen atoms in total. The zero-order valence-electron chi connectivity index (χ0n) is 8.40. The summed E-state index contributed by atoms with van der Waals surface area (Å²) < 4.78 is 0. The lowest BCUT2D eigenvalue weighted by molar-refractivity contribution is 0.305. The topological polar surface area (TPSA) is 40.5 Å². The highest BCUT2D eigenvalue weighted by molar-refractivity contribution is 7.98. The van der Waals surface area contributed by atoms with Crippen molar-refractivity contribution in [2.24, 2.45) is 0 Å². The molecule has 0 bridgehead atoms. The Labute approximate surface area is 98.3 Å². The normalized spacial score (nSPS) is 9.73. The zero-order valence-corrected chi connectivity index (χ0v) is 10.0. The molecule has 0 amide bonds. The maximum Gasteiger partial charge on any atom is 0.0771 e. The number of thioether (sulfide) groups is 1. The number of hydrogen-bond donors (Lipinski definition) is 2. The van der Waals surface area contributed by atoms with Crippen molar-refractivity contribution in [2.45, 2.75) is 12.2 Å². The SMILES string of the molecule is OCCC#Cc1ccc(CSCCO)s1. The van der Waals surface area contributed by atoms with Gasteiger partial charge in [0.15, 0.2) is 0 Å². The number of aliphatic hydroxyl groups is 2. The third-order valence-corrected chi connectivity index (χ3v) is 3.76. The Morgan fingerprint density at radius 3 is 2.87 bits per heavy atom. The Kier molecular flexibility index (Phi) is 6.53. The summed E-state index contributed by atoms with van der Waals surface area (Å²) in [5.41, 5.74) is 0. The van der Waals surface area contributed by atoms with Gasteiger partial charge in [0.05, 0.1) is 18.1 Å². The van der Waals surface area contributed by atoms with Gasteiger partial charge in [-0.25, -0.2) is 0 Å². The number of thiophene rings is 1. The lowest BCUT2D eigenvalue weighted by atomic mass is 10.4. The van der Waals surface area contributed by atoms with Crippen molar-refractivity contribution < 1.29 is 10.2 Å². The molecule has 1 aromatic rings. The summed E-state index contributed by atoms with van der Waals surface area (Å²) in [4.78, 5) is 2.32. The molecule has 4 heteroatoms. The molecule has 15 heavy (non-hydrogen) atoms. The second-order valence-electron chi connectivity index (χ2n) is 2.82. The average molecular weight is 242 g/mol. The van der Waals surface area contributed by atoms with Gasteiger partial charge in [-0.2, -0.15) is 11.8 Å². The van der Waals surface area contributed by atoms with E-state index in [0.717, 1.165) is 16.4 Å². The van der Waals surface area contributed by atoms with Gasteiger partial charge in [0.2, 0.25) is 0 Å². The third-order valence-electron chi connectivity index (χ3n) is 1.59. The van der Waals surface area contributed by atoms with Gasteiger partial charge >= 0.3 is 0 Å². The van der Waals surface area contributed by atoms with Gasteiger partial charge < -0.3 is 10.2 Å². The Morgan fingerprint density at radius 1 is 1.27 bits per heavy atom. The van der Waals surface area contributed by atoms with Gasteiger partial charge in [-0.15, -0.1) is 11.3 Å². The molecule has 0 aliphatic carbocycles. The van der Waals surface area contributed by atoms with E-state index in [2.05, 4.69) is 17.9 Å². The fraction of sp³-hybridized carbons (Fsp3) is 0.455. The Hall–Kier alpha value is -0.470. The van der Waals surface area contributed by atoms with Gasteiger partial charge in [0, 0.05) is 22.8 Å². The van der Waals surface area contributed by atoms with Crippen LogP contribution < -0.4 is 0 Å². The minimum atomic E-state index is 0.123. The van der Waals surface area contributed by atoms with Gasteiger partial charge in [0.1, 0.15) is 0 Å². The van der Waals surface area contributed by atoms with Crippen LogP contribution >= 0.6 is 23.1 Å². The van der Waals surface area contributed by atoms with Crippen molar-refractivity contribution in [1.82, 2.24) is 0 Å². The molecule has 0 aliphatic heterocycles. The van der Waals surface area contributed by atoms with E-state index in [0.29, 0.717) is 6.42 Å². The molecule has 0 radical (unpaired) electrons. The van der Waals surface area contributed by atoms with Crippen LogP contribution in [0, 0.1) is 11.8 Å². The smallest absolute Gasteiger partial charge is 0.0771 e. The van der Waals surface area contributed by atoms with Crippen molar-refractivity contribution in [2.75, 3.05) is 19.0 Å². The lowest BCUT2D eigenvalue weighted by Crippen LogP contribution is -1.85. The van der Waals surface area contributed by atoms with Crippen molar-refractivity contribution >= 4 is 23.1 Å². The lowest BCUT2D eigenvalue weighted by Gasteiger charge is -1.94. The summed E-state index contributed by atoms with van der Waals surface area (Å²) in [7, 11) is 0. The predicted molar refractivity (Wildman–Crippen MR) is 66.1 cm³/mol. The molecule has 0 aromatic carbocycles. The minimum absolute atomic E-state index is 0.123. The van der Waals surface area contributed by atoms with Crippen molar-refractivity contribution in [3.63, 3.8) is 0 Å². The highest BCUT2D eigenvalue weighted by Gasteiger charge is 1.97. The highest BCUT2D eigenvalue weighted by Crippen LogP contribution is 2.20. The summed E-state index contributed by atoms with van der Waals surface area (Å²) in [5.74, 6) is 7.62. The Morgan fingerprint density at radius 2 is 2.13 bits per heavy atom. The van der Waals surface area contributed by atoms with Crippen molar-refractivity contribution in [1.29, 1.82) is 0 Å². The average Bonchev–Trinajstić information content (AvgIpc) is 2.67. The first kappa shape index (κ1) is 12.6. The Balaban J connectivity index is 2.39. The maximum atomic E-state index is 8.63. The summed E-state index contributed by atoms with van der Waals surface area (Å²) in [6.45, 7) is 0.358. The van der Waals surface area contributed by atoms with E-state index in [1.807, 2.05) is 6.07 Å². The van der Waals surface area contributed by atoms with Crippen molar-refractivity contribution in [3.8, 4) is 11.8 Å². The first-order valence-corrected chi connectivity index (χ1v) is 6.71. The molecule has 1 aromatic heterocycles. The molecule has 0 fully saturated rings. The van der Waals surface area contributed by atoms with Crippen LogP contribution in [0.3, 0.4) is 0 Å². The molecule has 1 heterocycles. The van der Waals surface area contributed by atoms with Crippen LogP contribution in [-0.4, -0.2) is 29.2 Å². The number of aliphatic hydroxyl groups excluding tert-OH is 2. The molecule has 0 unspecified atom stereocenters. The Bertz CT molecular complexity index is 336. The highest BCUT2D eigenvalue weighted by atomic mass is 32.2. The van der Waals surface area contributed by atoms with E-state index in [1.165, 1.54) is 4.88 Å². The zero-order chi connectivity index (χ0) is 10.9. The molecule has 0 saturated carbocycles. The summed E-state index contributed by atoms with van der Waals surface area (Å²) in [6.07, 6.45) is 0.534. The molecule has 0 aliphatic rings. The van der Waals surface area contributed by atoms with Crippen LogP contribution in [-0.2, 0) is 5.75 Å². The molecule has 0 atom stereocenters. The number of rotatable bonds is 5. The largest absolute Gasteiger partial charge is 0.396 e. The van der Waals surface area contributed by atoms with Crippen LogP contribution in [0.1, 0.15) is 16.2 Å². The second kappa shape index (κ2) is 7.77. The van der Waals surface area contributed by atoms with E-state index in [1.54, 1.807) is 23.1 Å². The molecular weight excluding hydrogens is 228 g/mol. The van der Waals surface area contributed by atoms with Crippen molar-refractivity contribution in [3.05, 3.63) is 21.9 Å². The molecule has 82 valence electrons. The van der Waals surface area contributed by atoms with Gasteiger partial charge in [-0.05, 0) is 12.1 Å². The van der Waals surface area contributed by atoms with Gasteiger partial charge in [-0.1, -0.05) is 11.8 Å². The van der Waals surface area contributed by atoms with Crippen LogP contribution in [0.2, 0.25) is 0 Å². The quantitative estimate of drug-likeness (QED) is 0.610.